The van der Waals surface area contributed by atoms with Crippen molar-refractivity contribution in [2.75, 3.05) is 6.54 Å². The van der Waals surface area contributed by atoms with E-state index < -0.39 is 0 Å². The summed E-state index contributed by atoms with van der Waals surface area (Å²) in [6.07, 6.45) is 1.87. The Kier molecular flexibility index (Phi) is 3.22. The molecule has 5 heteroatoms. The lowest BCUT2D eigenvalue weighted by Crippen LogP contribution is -2.39. The smallest absolute Gasteiger partial charge is 0.275 e. The molecule has 0 radical (unpaired) electrons. The van der Waals surface area contributed by atoms with Gasteiger partial charge in [-0.2, -0.15) is 5.10 Å². The highest BCUT2D eigenvalue weighted by molar-refractivity contribution is 7.10. The first kappa shape index (κ1) is 13.5. The fraction of sp³-hybridized carbons (Fsp3) is 0.294. The lowest BCUT2D eigenvalue weighted by molar-refractivity contribution is 0.0653. The number of rotatable bonds is 2. The maximum atomic E-state index is 13.0. The topological polar surface area (TPSA) is 49.0 Å². The van der Waals surface area contributed by atoms with E-state index in [1.165, 1.54) is 10.4 Å². The zero-order valence-electron chi connectivity index (χ0n) is 12.4. The van der Waals surface area contributed by atoms with Gasteiger partial charge in [-0.05, 0) is 35.9 Å². The van der Waals surface area contributed by atoms with E-state index in [0.29, 0.717) is 5.69 Å². The van der Waals surface area contributed by atoms with Gasteiger partial charge in [0.05, 0.1) is 11.6 Å². The maximum absolute atomic E-state index is 13.0. The zero-order valence-corrected chi connectivity index (χ0v) is 13.2. The summed E-state index contributed by atoms with van der Waals surface area (Å²) in [7, 11) is 0. The average molecular weight is 311 g/mol. The molecule has 4 nitrogen and oxygen atoms in total. The third-order valence-corrected chi connectivity index (χ3v) is 5.41. The molecule has 0 unspecified atom stereocenters. The second-order valence-electron chi connectivity index (χ2n) is 5.59. The van der Waals surface area contributed by atoms with Crippen molar-refractivity contribution in [3.05, 3.63) is 51.8 Å². The molecule has 0 saturated heterocycles. The molecule has 22 heavy (non-hydrogen) atoms. The summed E-state index contributed by atoms with van der Waals surface area (Å²) in [4.78, 5) is 16.4. The van der Waals surface area contributed by atoms with Crippen molar-refractivity contribution in [3.8, 4) is 0 Å². The minimum absolute atomic E-state index is 0.0288. The number of nitrogens with one attached hydrogen (secondary N) is 1. The Labute approximate surface area is 132 Å². The first-order valence-electron chi connectivity index (χ1n) is 7.60. The number of aromatic amines is 1. The molecule has 1 N–H and O–H groups in total. The van der Waals surface area contributed by atoms with Gasteiger partial charge in [0.2, 0.25) is 0 Å². The maximum Gasteiger partial charge on any atom is 0.275 e. The van der Waals surface area contributed by atoms with Gasteiger partial charge in [0.15, 0.2) is 5.69 Å². The largest absolute Gasteiger partial charge is 0.330 e. The summed E-state index contributed by atoms with van der Waals surface area (Å²) in [6, 6.07) is 10.1. The summed E-state index contributed by atoms with van der Waals surface area (Å²) in [5.74, 6) is 0.0288. The predicted molar refractivity (Wildman–Crippen MR) is 88.2 cm³/mol. The van der Waals surface area contributed by atoms with Crippen LogP contribution in [-0.2, 0) is 6.42 Å². The van der Waals surface area contributed by atoms with Crippen molar-refractivity contribution in [1.82, 2.24) is 15.1 Å². The minimum Gasteiger partial charge on any atom is -0.330 e. The van der Waals surface area contributed by atoms with E-state index in [1.54, 1.807) is 11.3 Å². The SMILES string of the molecule is CC[C@@H]1c2ccsc2CCN1C(=O)c1n[nH]c2ccccc12. The number of hydrogen-bond donors (Lipinski definition) is 1. The molecule has 3 heterocycles. The summed E-state index contributed by atoms with van der Waals surface area (Å²) < 4.78 is 0. The standard InChI is InChI=1S/C17H17N3OS/c1-2-14-12-8-10-22-15(12)7-9-20(14)17(21)16-11-5-3-4-6-13(11)18-19-16/h3-6,8,10,14H,2,7,9H2,1H3,(H,18,19)/t14-/m1/s1. The minimum atomic E-state index is 0.0288. The Balaban J connectivity index is 1.74. The molecule has 1 amide bonds. The second-order valence-corrected chi connectivity index (χ2v) is 6.59. The summed E-state index contributed by atoms with van der Waals surface area (Å²) in [5.41, 5.74) is 2.76. The first-order chi connectivity index (χ1) is 10.8. The van der Waals surface area contributed by atoms with Gasteiger partial charge in [-0.3, -0.25) is 9.89 Å². The van der Waals surface area contributed by atoms with Crippen LogP contribution in [0.2, 0.25) is 0 Å². The van der Waals surface area contributed by atoms with Gasteiger partial charge in [-0.25, -0.2) is 0 Å². The number of H-pyrrole nitrogens is 1. The van der Waals surface area contributed by atoms with E-state index in [1.807, 2.05) is 29.2 Å². The van der Waals surface area contributed by atoms with Crippen LogP contribution in [0.3, 0.4) is 0 Å². The molecule has 0 bridgehead atoms. The molecule has 2 aromatic heterocycles. The van der Waals surface area contributed by atoms with Crippen LogP contribution in [0, 0.1) is 0 Å². The number of aromatic nitrogens is 2. The number of para-hydroxylation sites is 1. The fourth-order valence-corrected chi connectivity index (χ4v) is 4.27. The van der Waals surface area contributed by atoms with Gasteiger partial charge in [0.25, 0.3) is 5.91 Å². The van der Waals surface area contributed by atoms with Gasteiger partial charge < -0.3 is 4.90 Å². The van der Waals surface area contributed by atoms with Crippen LogP contribution in [0.15, 0.2) is 35.7 Å². The second kappa shape index (κ2) is 5.25. The number of amides is 1. The van der Waals surface area contributed by atoms with Gasteiger partial charge in [0.1, 0.15) is 0 Å². The van der Waals surface area contributed by atoms with Crippen molar-refractivity contribution >= 4 is 28.1 Å². The van der Waals surface area contributed by atoms with Crippen LogP contribution in [0.25, 0.3) is 10.9 Å². The van der Waals surface area contributed by atoms with Crippen molar-refractivity contribution < 1.29 is 4.79 Å². The van der Waals surface area contributed by atoms with Crippen LogP contribution >= 0.6 is 11.3 Å². The fourth-order valence-electron chi connectivity index (χ4n) is 3.34. The Morgan fingerprint density at radius 2 is 2.27 bits per heavy atom. The van der Waals surface area contributed by atoms with E-state index in [2.05, 4.69) is 28.6 Å². The van der Waals surface area contributed by atoms with E-state index in [4.69, 9.17) is 0 Å². The van der Waals surface area contributed by atoms with Crippen LogP contribution < -0.4 is 0 Å². The van der Waals surface area contributed by atoms with Crippen LogP contribution in [0.5, 0.6) is 0 Å². The number of nitrogens with zero attached hydrogens (tertiary/aromatic N) is 2. The zero-order chi connectivity index (χ0) is 15.1. The summed E-state index contributed by atoms with van der Waals surface area (Å²) >= 11 is 1.80. The lowest BCUT2D eigenvalue weighted by atomic mass is 9.97. The molecule has 1 aliphatic heterocycles. The Morgan fingerprint density at radius 3 is 3.14 bits per heavy atom. The number of carbonyl (C=O) groups excluding carboxylic acids is 1. The Hall–Kier alpha value is -2.14. The third kappa shape index (κ3) is 1.96. The molecule has 1 aromatic carbocycles. The molecule has 1 atom stereocenters. The van der Waals surface area contributed by atoms with E-state index in [-0.39, 0.29) is 11.9 Å². The quantitative estimate of drug-likeness (QED) is 0.783. The summed E-state index contributed by atoms with van der Waals surface area (Å²) in [6.45, 7) is 2.91. The molecule has 0 fully saturated rings. The number of fused-ring (bicyclic) bond motifs is 2. The third-order valence-electron chi connectivity index (χ3n) is 4.42. The van der Waals surface area contributed by atoms with Gasteiger partial charge >= 0.3 is 0 Å². The van der Waals surface area contributed by atoms with Gasteiger partial charge in [-0.15, -0.1) is 11.3 Å². The highest BCUT2D eigenvalue weighted by Crippen LogP contribution is 2.36. The molecule has 112 valence electrons. The van der Waals surface area contributed by atoms with Crippen molar-refractivity contribution in [3.63, 3.8) is 0 Å². The van der Waals surface area contributed by atoms with Gasteiger partial charge in [-0.1, -0.05) is 25.1 Å². The number of carbonyl (C=O) groups is 1. The van der Waals surface area contributed by atoms with Crippen LogP contribution in [0.4, 0.5) is 0 Å². The number of thiophene rings is 1. The monoisotopic (exact) mass is 311 g/mol. The van der Waals surface area contributed by atoms with Crippen LogP contribution in [0.1, 0.15) is 40.3 Å². The molecule has 3 aromatic rings. The van der Waals surface area contributed by atoms with Gasteiger partial charge in [0, 0.05) is 16.8 Å². The van der Waals surface area contributed by atoms with E-state index in [0.717, 1.165) is 30.3 Å². The summed E-state index contributed by atoms with van der Waals surface area (Å²) in [5, 5.41) is 10.3. The van der Waals surface area contributed by atoms with E-state index >= 15 is 0 Å². The normalized spacial score (nSPS) is 17.7. The highest BCUT2D eigenvalue weighted by Gasteiger charge is 2.32. The molecular weight excluding hydrogens is 294 g/mol. The lowest BCUT2D eigenvalue weighted by Gasteiger charge is -2.35. The molecular formula is C17H17N3OS. The molecule has 4 rings (SSSR count). The predicted octanol–water partition coefficient (Wildman–Crippen LogP) is 3.77. The van der Waals surface area contributed by atoms with Crippen molar-refractivity contribution in [2.45, 2.75) is 25.8 Å². The molecule has 0 spiro atoms. The van der Waals surface area contributed by atoms with Crippen molar-refractivity contribution in [1.29, 1.82) is 0 Å². The number of hydrogen-bond acceptors (Lipinski definition) is 3. The van der Waals surface area contributed by atoms with Crippen molar-refractivity contribution in [2.24, 2.45) is 0 Å². The average Bonchev–Trinajstić information content (AvgIpc) is 3.19. The molecule has 1 aliphatic rings. The highest BCUT2D eigenvalue weighted by atomic mass is 32.1. The molecule has 0 aliphatic carbocycles. The van der Waals surface area contributed by atoms with Crippen LogP contribution in [-0.4, -0.2) is 27.5 Å². The first-order valence-corrected chi connectivity index (χ1v) is 8.48. The Morgan fingerprint density at radius 1 is 1.41 bits per heavy atom. The number of benzene rings is 1. The molecule has 0 saturated carbocycles. The van der Waals surface area contributed by atoms with E-state index in [9.17, 15) is 4.79 Å². The Bertz CT molecular complexity index is 835.